The van der Waals surface area contributed by atoms with Gasteiger partial charge in [0.1, 0.15) is 0 Å². The Labute approximate surface area is 452 Å². The van der Waals surface area contributed by atoms with Gasteiger partial charge in [-0.1, -0.05) is 194 Å². The lowest BCUT2D eigenvalue weighted by molar-refractivity contribution is 0.827. The average molecular weight is 993 g/mol. The second kappa shape index (κ2) is 17.4. The fourth-order valence-electron chi connectivity index (χ4n) is 13.7. The molecule has 2 aromatic heterocycles. The Morgan fingerprint density at radius 2 is 0.526 bits per heavy atom. The van der Waals surface area contributed by atoms with Crippen LogP contribution in [0.25, 0.3) is 164 Å². The van der Waals surface area contributed by atoms with Gasteiger partial charge in [-0.3, -0.25) is 0 Å². The number of aryl methyl sites for hydroxylation is 2. The van der Waals surface area contributed by atoms with Crippen LogP contribution < -0.4 is 0 Å². The zero-order valence-electron chi connectivity index (χ0n) is 43.6. The molecule has 0 bridgehead atoms. The van der Waals surface area contributed by atoms with Crippen LogP contribution in [0.15, 0.2) is 255 Å². The van der Waals surface area contributed by atoms with Gasteiger partial charge in [0.2, 0.25) is 0 Å². The summed E-state index contributed by atoms with van der Waals surface area (Å²) in [5, 5.41) is 20.0. The van der Waals surface area contributed by atoms with Crippen molar-refractivity contribution in [3.63, 3.8) is 0 Å². The van der Waals surface area contributed by atoms with Crippen molar-refractivity contribution < 1.29 is 0 Å². The van der Waals surface area contributed by atoms with E-state index < -0.39 is 0 Å². The summed E-state index contributed by atoms with van der Waals surface area (Å²) in [4.78, 5) is 0. The molecule has 0 N–H and O–H groups in total. The van der Waals surface area contributed by atoms with Crippen LogP contribution >= 0.6 is 0 Å². The molecular formula is C76H52N2. The molecule has 0 amide bonds. The predicted molar refractivity (Wildman–Crippen MR) is 336 cm³/mol. The van der Waals surface area contributed by atoms with E-state index in [1.165, 1.54) is 164 Å². The van der Waals surface area contributed by atoms with Crippen molar-refractivity contribution in [1.29, 1.82) is 0 Å². The summed E-state index contributed by atoms with van der Waals surface area (Å²) in [6.07, 6.45) is 0. The molecular weight excluding hydrogens is 941 g/mol. The van der Waals surface area contributed by atoms with Gasteiger partial charge in [0, 0.05) is 56.7 Å². The molecule has 0 fully saturated rings. The molecule has 16 aromatic rings. The highest BCUT2D eigenvalue weighted by molar-refractivity contribution is 6.28. The molecule has 0 aliphatic carbocycles. The highest BCUT2D eigenvalue weighted by Crippen LogP contribution is 2.50. The van der Waals surface area contributed by atoms with Crippen molar-refractivity contribution in [3.05, 3.63) is 255 Å². The molecule has 0 radical (unpaired) electrons. The lowest BCUT2D eigenvalue weighted by atomic mass is 9.81. The maximum Gasteiger partial charge on any atom is 0.0491 e. The first-order valence-corrected chi connectivity index (χ1v) is 27.6. The van der Waals surface area contributed by atoms with E-state index >= 15 is 0 Å². The maximum atomic E-state index is 2.52. The lowest BCUT2D eigenvalue weighted by Crippen LogP contribution is -1.95. The van der Waals surface area contributed by atoms with Crippen molar-refractivity contribution in [1.82, 2.24) is 9.13 Å². The number of rotatable bonds is 7. The van der Waals surface area contributed by atoms with E-state index in [0.29, 0.717) is 0 Å². The molecule has 0 atom stereocenters. The fraction of sp³-hybridized carbons (Fsp3) is 0.0526. The van der Waals surface area contributed by atoms with Crippen LogP contribution in [-0.4, -0.2) is 9.13 Å². The Bertz CT molecular complexity index is 4860. The van der Waals surface area contributed by atoms with Gasteiger partial charge in [0.05, 0.1) is 0 Å². The van der Waals surface area contributed by atoms with Crippen LogP contribution in [0, 0.1) is 0 Å². The topological polar surface area (TPSA) is 9.86 Å². The molecule has 0 aliphatic rings. The van der Waals surface area contributed by atoms with E-state index in [0.717, 1.165) is 13.1 Å². The van der Waals surface area contributed by atoms with Crippen LogP contribution in [-0.2, 0) is 13.1 Å². The molecule has 2 heterocycles. The number of aromatic nitrogens is 2. The van der Waals surface area contributed by atoms with Crippen LogP contribution in [0.3, 0.4) is 0 Å². The molecule has 2 nitrogen and oxygen atoms in total. The summed E-state index contributed by atoms with van der Waals surface area (Å²) in [5.74, 6) is 0. The monoisotopic (exact) mass is 992 g/mol. The van der Waals surface area contributed by atoms with Crippen molar-refractivity contribution in [2.75, 3.05) is 0 Å². The standard InChI is InChI=1S/C76H52N2/c1-3-77-71-31-11-9-21-59(71)69-43-53(37-39-73(69)77)57-25-15-29-63-67(57)46-68-58(54-38-40-74-70(44-54)60-22-10-12-32-72(60)78(74)4-2)26-16-30-64(68)76(63)75-61-27-13-23-55(51-35-33-47-17-5-7-19-49(47)41-51)65(61)45-66-56(24-14-28-62(66)75)52-36-34-48-18-6-8-20-50(48)42-52/h5-46H,3-4H2,1-2H3. The van der Waals surface area contributed by atoms with Gasteiger partial charge in [-0.15, -0.1) is 0 Å². The van der Waals surface area contributed by atoms with E-state index in [-0.39, 0.29) is 0 Å². The molecule has 0 spiro atoms. The van der Waals surface area contributed by atoms with Gasteiger partial charge in [0.25, 0.3) is 0 Å². The number of hydrogen-bond donors (Lipinski definition) is 0. The molecule has 366 valence electrons. The summed E-state index contributed by atoms with van der Waals surface area (Å²) < 4.78 is 4.91. The second-order valence-electron chi connectivity index (χ2n) is 21.2. The Morgan fingerprint density at radius 1 is 0.218 bits per heavy atom. The third-order valence-corrected chi connectivity index (χ3v) is 17.2. The lowest BCUT2D eigenvalue weighted by Gasteiger charge is -2.22. The normalized spacial score (nSPS) is 12.1. The SMILES string of the molecule is CCn1c2ccccc2c2cc(-c3cccc4c(-c5c6cccc(-c7ccc8ccccc8c7)c6cc6c(-c7ccc8ccccc8c7)cccc56)c5cccc(-c6ccc7c(c6)c6ccccc6n7CC)c5cc34)ccc21. The number of nitrogens with zero attached hydrogens (tertiary/aromatic N) is 2. The number of para-hydroxylation sites is 2. The second-order valence-corrected chi connectivity index (χ2v) is 21.2. The first-order chi connectivity index (χ1) is 38.6. The quantitative estimate of drug-likeness (QED) is 0.141. The summed E-state index contributed by atoms with van der Waals surface area (Å²) in [5.41, 5.74) is 17.3. The van der Waals surface area contributed by atoms with Gasteiger partial charge < -0.3 is 9.13 Å². The minimum Gasteiger partial charge on any atom is -0.341 e. The number of fused-ring (bicyclic) bond motifs is 12. The van der Waals surface area contributed by atoms with Crippen molar-refractivity contribution in [2.45, 2.75) is 26.9 Å². The van der Waals surface area contributed by atoms with Crippen LogP contribution in [0.5, 0.6) is 0 Å². The van der Waals surface area contributed by atoms with E-state index in [9.17, 15) is 0 Å². The minimum atomic E-state index is 0.907. The molecule has 0 aliphatic heterocycles. The highest BCUT2D eigenvalue weighted by atomic mass is 15.0. The minimum absolute atomic E-state index is 0.907. The zero-order valence-corrected chi connectivity index (χ0v) is 43.6. The molecule has 78 heavy (non-hydrogen) atoms. The molecule has 0 unspecified atom stereocenters. The van der Waals surface area contributed by atoms with Gasteiger partial charge in [-0.2, -0.15) is 0 Å². The molecule has 0 saturated carbocycles. The van der Waals surface area contributed by atoms with Crippen molar-refractivity contribution >= 4 is 108 Å². The predicted octanol–water partition coefficient (Wildman–Crippen LogP) is 21.2. The van der Waals surface area contributed by atoms with Crippen LogP contribution in [0.2, 0.25) is 0 Å². The largest absolute Gasteiger partial charge is 0.341 e. The van der Waals surface area contributed by atoms with E-state index in [4.69, 9.17) is 0 Å². The third-order valence-electron chi connectivity index (χ3n) is 17.2. The third kappa shape index (κ3) is 6.63. The number of benzene rings is 14. The highest BCUT2D eigenvalue weighted by Gasteiger charge is 2.23. The summed E-state index contributed by atoms with van der Waals surface area (Å²) >= 11 is 0. The fourth-order valence-corrected chi connectivity index (χ4v) is 13.7. The molecule has 2 heteroatoms. The zero-order chi connectivity index (χ0) is 51.6. The molecule has 16 rings (SSSR count). The summed E-state index contributed by atoms with van der Waals surface area (Å²) in [6, 6.07) is 96.5. The Kier molecular flexibility index (Phi) is 9.93. The van der Waals surface area contributed by atoms with Crippen molar-refractivity contribution in [2.24, 2.45) is 0 Å². The summed E-state index contributed by atoms with van der Waals surface area (Å²) in [7, 11) is 0. The van der Waals surface area contributed by atoms with Gasteiger partial charge in [0.15, 0.2) is 0 Å². The smallest absolute Gasteiger partial charge is 0.0491 e. The van der Waals surface area contributed by atoms with E-state index in [1.54, 1.807) is 0 Å². The maximum absolute atomic E-state index is 2.52. The van der Waals surface area contributed by atoms with Crippen LogP contribution in [0.1, 0.15) is 13.8 Å². The Hall–Kier alpha value is -9.76. The van der Waals surface area contributed by atoms with Gasteiger partial charge in [-0.05, 0) is 195 Å². The van der Waals surface area contributed by atoms with E-state index in [1.807, 2.05) is 0 Å². The van der Waals surface area contributed by atoms with Crippen LogP contribution in [0.4, 0.5) is 0 Å². The Morgan fingerprint density at radius 3 is 0.910 bits per heavy atom. The molecule has 0 saturated heterocycles. The average Bonchev–Trinajstić information content (AvgIpc) is 4.13. The van der Waals surface area contributed by atoms with Gasteiger partial charge in [-0.25, -0.2) is 0 Å². The van der Waals surface area contributed by atoms with Gasteiger partial charge >= 0.3 is 0 Å². The summed E-state index contributed by atoms with van der Waals surface area (Å²) in [6.45, 7) is 6.32. The molecule has 14 aromatic carbocycles. The van der Waals surface area contributed by atoms with Crippen molar-refractivity contribution in [3.8, 4) is 55.6 Å². The number of hydrogen-bond acceptors (Lipinski definition) is 0. The van der Waals surface area contributed by atoms with E-state index in [2.05, 4.69) is 278 Å². The Balaban J connectivity index is 1.05. The first-order valence-electron chi connectivity index (χ1n) is 27.6. The first kappa shape index (κ1) is 44.5.